The lowest BCUT2D eigenvalue weighted by molar-refractivity contribution is -0.129. The highest BCUT2D eigenvalue weighted by Gasteiger charge is 2.49. The summed E-state index contributed by atoms with van der Waals surface area (Å²) >= 11 is 0. The van der Waals surface area contributed by atoms with Gasteiger partial charge in [-0.15, -0.1) is 0 Å². The van der Waals surface area contributed by atoms with Gasteiger partial charge in [0, 0.05) is 18.7 Å². The second-order valence-corrected chi connectivity index (χ2v) is 12.1. The number of ketones is 1. The van der Waals surface area contributed by atoms with Gasteiger partial charge in [0.15, 0.2) is 5.78 Å². The van der Waals surface area contributed by atoms with Crippen LogP contribution in [0, 0.1) is 5.41 Å². The van der Waals surface area contributed by atoms with E-state index in [0.717, 1.165) is 24.5 Å². The van der Waals surface area contributed by atoms with E-state index in [1.807, 2.05) is 48.5 Å². The van der Waals surface area contributed by atoms with Gasteiger partial charge < -0.3 is 14.5 Å². The topological polar surface area (TPSA) is 109 Å². The first-order valence-corrected chi connectivity index (χ1v) is 14.6. The Bertz CT molecular complexity index is 1520. The molecule has 2 aliphatic heterocycles. The number of ether oxygens (including phenoxy) is 1. The van der Waals surface area contributed by atoms with Gasteiger partial charge in [-0.05, 0) is 35.9 Å². The molecule has 0 saturated carbocycles. The number of nitrogens with one attached hydrogen (secondary N) is 1. The summed E-state index contributed by atoms with van der Waals surface area (Å²) in [6.45, 7) is 6.17. The lowest BCUT2D eigenvalue weighted by Crippen LogP contribution is -2.55. The molecule has 2 fully saturated rings. The number of rotatable bonds is 5. The lowest BCUT2D eigenvalue weighted by Gasteiger charge is -2.46. The molecule has 0 spiro atoms. The quantitative estimate of drug-likeness (QED) is 0.469. The normalized spacial score (nSPS) is 20.4. The standard InChI is InChI=1S/C30H32N4O5S/c1-30(2)27(22-10-5-3-6-11-22)34(29(36)32-40(37,38)25-13-7-4-8-14-25)21-23(28(30)35)20-24-12-9-15-26(31-24)33-16-18-39-19-17-33/h3-15,20,27H,16-19,21H2,1-2H3,(H,32,36). The van der Waals surface area contributed by atoms with E-state index in [1.165, 1.54) is 17.0 Å². The van der Waals surface area contributed by atoms with Crippen LogP contribution in [-0.4, -0.2) is 63.0 Å². The van der Waals surface area contributed by atoms with E-state index < -0.39 is 27.5 Å². The fourth-order valence-electron chi connectivity index (χ4n) is 5.31. The molecule has 2 aromatic carbocycles. The van der Waals surface area contributed by atoms with E-state index in [0.29, 0.717) is 24.5 Å². The highest BCUT2D eigenvalue weighted by atomic mass is 32.2. The summed E-state index contributed by atoms with van der Waals surface area (Å²) in [5, 5.41) is 0. The third-order valence-corrected chi connectivity index (χ3v) is 8.61. The van der Waals surface area contributed by atoms with Crippen LogP contribution in [-0.2, 0) is 19.6 Å². The van der Waals surface area contributed by atoms with Crippen LogP contribution in [0.3, 0.4) is 0 Å². The molecule has 2 amide bonds. The Kier molecular flexibility index (Phi) is 7.73. The first-order valence-electron chi connectivity index (χ1n) is 13.2. The average molecular weight is 561 g/mol. The van der Waals surface area contributed by atoms with E-state index in [9.17, 15) is 18.0 Å². The molecule has 0 aliphatic carbocycles. The zero-order chi connectivity index (χ0) is 28.3. The van der Waals surface area contributed by atoms with Crippen molar-refractivity contribution in [3.05, 3.63) is 95.7 Å². The number of aromatic nitrogens is 1. The molecule has 0 radical (unpaired) electrons. The van der Waals surface area contributed by atoms with Crippen molar-refractivity contribution < 1.29 is 22.7 Å². The van der Waals surface area contributed by atoms with Crippen LogP contribution in [0.2, 0.25) is 0 Å². The Morgan fingerprint density at radius 2 is 1.62 bits per heavy atom. The fraction of sp³-hybridized carbons (Fsp3) is 0.300. The number of carbonyl (C=O) groups is 2. The summed E-state index contributed by atoms with van der Waals surface area (Å²) in [6, 6.07) is 21.0. The largest absolute Gasteiger partial charge is 0.378 e. The van der Waals surface area contributed by atoms with Gasteiger partial charge in [0.1, 0.15) is 5.82 Å². The van der Waals surface area contributed by atoms with Gasteiger partial charge in [-0.2, -0.15) is 0 Å². The predicted octanol–water partition coefficient (Wildman–Crippen LogP) is 4.05. The molecule has 5 rings (SSSR count). The van der Waals surface area contributed by atoms with E-state index in [-0.39, 0.29) is 17.2 Å². The smallest absolute Gasteiger partial charge is 0.332 e. The molecule has 1 N–H and O–H groups in total. The molecular formula is C30H32N4O5S. The zero-order valence-electron chi connectivity index (χ0n) is 22.5. The molecule has 10 heteroatoms. The lowest BCUT2D eigenvalue weighted by atomic mass is 9.71. The monoisotopic (exact) mass is 560 g/mol. The number of amides is 2. The van der Waals surface area contributed by atoms with Crippen molar-refractivity contribution in [2.45, 2.75) is 24.8 Å². The fourth-order valence-corrected chi connectivity index (χ4v) is 6.29. The molecule has 9 nitrogen and oxygen atoms in total. The van der Waals surface area contributed by atoms with Crippen molar-refractivity contribution in [2.75, 3.05) is 37.7 Å². The number of hydrogen-bond acceptors (Lipinski definition) is 7. The Labute approximate surface area is 234 Å². The first-order chi connectivity index (χ1) is 19.2. The van der Waals surface area contributed by atoms with E-state index in [2.05, 4.69) is 9.62 Å². The summed E-state index contributed by atoms with van der Waals surface area (Å²) in [5.41, 5.74) is 0.635. The Morgan fingerprint density at radius 1 is 0.975 bits per heavy atom. The minimum atomic E-state index is -4.13. The molecule has 2 aliphatic rings. The summed E-state index contributed by atoms with van der Waals surface area (Å²) in [5.74, 6) is 0.653. The number of hydrogen-bond donors (Lipinski definition) is 1. The maximum Gasteiger partial charge on any atom is 0.332 e. The second-order valence-electron chi connectivity index (χ2n) is 10.4. The molecule has 2 saturated heterocycles. The number of Topliss-reactive ketones (excluding diaryl/α,β-unsaturated/α-hetero) is 1. The van der Waals surface area contributed by atoms with Gasteiger partial charge >= 0.3 is 6.03 Å². The van der Waals surface area contributed by atoms with E-state index in [4.69, 9.17) is 9.72 Å². The van der Waals surface area contributed by atoms with Gasteiger partial charge in [0.2, 0.25) is 0 Å². The van der Waals surface area contributed by atoms with Crippen LogP contribution < -0.4 is 9.62 Å². The SMILES string of the molecule is CC1(C)C(=O)C(=Cc2cccc(N3CCOCC3)n2)CN(C(=O)NS(=O)(=O)c2ccccc2)C1c1ccccc1. The Morgan fingerprint density at radius 3 is 2.30 bits per heavy atom. The molecule has 1 atom stereocenters. The summed E-state index contributed by atoms with van der Waals surface area (Å²) in [6.07, 6.45) is 1.70. The van der Waals surface area contributed by atoms with Crippen LogP contribution >= 0.6 is 0 Å². The molecule has 40 heavy (non-hydrogen) atoms. The molecule has 1 aromatic heterocycles. The van der Waals surface area contributed by atoms with Gasteiger partial charge in [-0.1, -0.05) is 68.4 Å². The number of likely N-dealkylation sites (tertiary alicyclic amines) is 1. The number of pyridine rings is 1. The van der Waals surface area contributed by atoms with E-state index in [1.54, 1.807) is 38.1 Å². The second kappa shape index (κ2) is 11.2. The first kappa shape index (κ1) is 27.5. The number of sulfonamides is 1. The number of morpholine rings is 1. The van der Waals surface area contributed by atoms with Crippen molar-refractivity contribution in [3.8, 4) is 0 Å². The van der Waals surface area contributed by atoms with Crippen molar-refractivity contribution in [1.82, 2.24) is 14.6 Å². The number of carbonyl (C=O) groups excluding carboxylic acids is 2. The third-order valence-electron chi connectivity index (χ3n) is 7.28. The molecule has 0 bridgehead atoms. The van der Waals surface area contributed by atoms with Crippen LogP contribution in [0.25, 0.3) is 6.08 Å². The van der Waals surface area contributed by atoms with Crippen molar-refractivity contribution in [3.63, 3.8) is 0 Å². The minimum Gasteiger partial charge on any atom is -0.378 e. The van der Waals surface area contributed by atoms with Gasteiger partial charge in [0.05, 0.1) is 41.8 Å². The Balaban J connectivity index is 1.51. The minimum absolute atomic E-state index is 0.0214. The number of urea groups is 1. The van der Waals surface area contributed by atoms with Crippen molar-refractivity contribution in [2.24, 2.45) is 5.41 Å². The Hall–Kier alpha value is -4.02. The number of nitrogens with zero attached hydrogens (tertiary/aromatic N) is 3. The number of piperidine rings is 1. The van der Waals surface area contributed by atoms with Crippen LogP contribution in [0.4, 0.5) is 10.6 Å². The van der Waals surface area contributed by atoms with Crippen LogP contribution in [0.15, 0.2) is 89.3 Å². The molecule has 1 unspecified atom stereocenters. The number of benzene rings is 2. The van der Waals surface area contributed by atoms with Crippen molar-refractivity contribution >= 4 is 33.7 Å². The summed E-state index contributed by atoms with van der Waals surface area (Å²) in [7, 11) is -4.13. The number of anilines is 1. The maximum atomic E-state index is 13.9. The van der Waals surface area contributed by atoms with Gasteiger partial charge in [0.25, 0.3) is 10.0 Å². The molecular weight excluding hydrogens is 528 g/mol. The predicted molar refractivity (Wildman–Crippen MR) is 152 cm³/mol. The summed E-state index contributed by atoms with van der Waals surface area (Å²) in [4.78, 5) is 35.9. The highest BCUT2D eigenvalue weighted by Crippen LogP contribution is 2.45. The zero-order valence-corrected chi connectivity index (χ0v) is 23.3. The third kappa shape index (κ3) is 5.64. The van der Waals surface area contributed by atoms with Crippen molar-refractivity contribution in [1.29, 1.82) is 0 Å². The average Bonchev–Trinajstić information content (AvgIpc) is 2.96. The molecule has 3 heterocycles. The van der Waals surface area contributed by atoms with Gasteiger partial charge in [-0.3, -0.25) is 4.79 Å². The highest BCUT2D eigenvalue weighted by molar-refractivity contribution is 7.90. The van der Waals surface area contributed by atoms with Crippen LogP contribution in [0.1, 0.15) is 31.1 Å². The summed E-state index contributed by atoms with van der Waals surface area (Å²) < 4.78 is 33.8. The maximum absolute atomic E-state index is 13.9. The van der Waals surface area contributed by atoms with Crippen LogP contribution in [0.5, 0.6) is 0 Å². The van der Waals surface area contributed by atoms with E-state index >= 15 is 0 Å². The molecule has 3 aromatic rings. The van der Waals surface area contributed by atoms with Gasteiger partial charge in [-0.25, -0.2) is 22.9 Å². The molecule has 208 valence electrons.